The molecule has 0 radical (unpaired) electrons. The van der Waals surface area contributed by atoms with Crippen LogP contribution in [0.1, 0.15) is 17.5 Å². The summed E-state index contributed by atoms with van der Waals surface area (Å²) >= 11 is 6.11. The minimum Gasteiger partial charge on any atom is -0.495 e. The Morgan fingerprint density at radius 3 is 2.40 bits per heavy atom. The first-order chi connectivity index (χ1) is 11.9. The maximum absolute atomic E-state index is 12.7. The van der Waals surface area contributed by atoms with Gasteiger partial charge < -0.3 is 10.1 Å². The van der Waals surface area contributed by atoms with Crippen LogP contribution in [0.3, 0.4) is 0 Å². The largest absolute Gasteiger partial charge is 0.495 e. The molecule has 5 nitrogen and oxygen atoms in total. The number of carbonyl (C=O) groups is 2. The second-order valence-corrected chi connectivity index (χ2v) is 6.57. The molecule has 25 heavy (non-hydrogen) atoms. The van der Waals surface area contributed by atoms with Crippen LogP contribution in [0, 0.1) is 13.8 Å². The number of rotatable bonds is 4. The van der Waals surface area contributed by atoms with E-state index in [0.717, 1.165) is 16.8 Å². The number of amides is 2. The number of aryl methyl sites for hydroxylation is 2. The Hall–Kier alpha value is -2.53. The highest BCUT2D eigenvalue weighted by Crippen LogP contribution is 2.32. The second-order valence-electron chi connectivity index (χ2n) is 6.16. The monoisotopic (exact) mass is 358 g/mol. The average Bonchev–Trinajstić information content (AvgIpc) is 2.80. The molecule has 1 heterocycles. The van der Waals surface area contributed by atoms with E-state index in [1.165, 1.54) is 12.0 Å². The van der Waals surface area contributed by atoms with Gasteiger partial charge in [-0.1, -0.05) is 17.7 Å². The van der Waals surface area contributed by atoms with Crippen LogP contribution in [0.15, 0.2) is 36.4 Å². The molecule has 2 amide bonds. The molecule has 6 heteroatoms. The van der Waals surface area contributed by atoms with Crippen LogP contribution >= 0.6 is 11.6 Å². The zero-order chi connectivity index (χ0) is 18.1. The summed E-state index contributed by atoms with van der Waals surface area (Å²) < 4.78 is 5.11. The van der Waals surface area contributed by atoms with Crippen molar-refractivity contribution in [3.05, 3.63) is 52.5 Å². The second kappa shape index (κ2) is 6.76. The molecule has 0 spiro atoms. The average molecular weight is 359 g/mol. The van der Waals surface area contributed by atoms with Gasteiger partial charge in [0.2, 0.25) is 5.91 Å². The van der Waals surface area contributed by atoms with E-state index in [2.05, 4.69) is 11.4 Å². The van der Waals surface area contributed by atoms with Crippen molar-refractivity contribution < 1.29 is 14.3 Å². The topological polar surface area (TPSA) is 58.6 Å². The standard InChI is InChI=1S/C19H19ClN2O3/c1-11-6-12(2)8-13(7-11)21-16-10-18(23)22(19(16)24)14-4-5-17(25-3)15(20)9-14/h4-9,16,21H,10H2,1-3H3/t16-/m0/s1. The number of benzene rings is 2. The molecule has 2 aromatic carbocycles. The van der Waals surface area contributed by atoms with E-state index >= 15 is 0 Å². The first-order valence-electron chi connectivity index (χ1n) is 7.94. The van der Waals surface area contributed by atoms with Crippen molar-refractivity contribution in [2.24, 2.45) is 0 Å². The molecule has 1 fully saturated rings. The van der Waals surface area contributed by atoms with Gasteiger partial charge in [0.15, 0.2) is 0 Å². The fourth-order valence-corrected chi connectivity index (χ4v) is 3.32. The third kappa shape index (κ3) is 3.46. The number of methoxy groups -OCH3 is 1. The lowest BCUT2D eigenvalue weighted by Crippen LogP contribution is -2.34. The maximum Gasteiger partial charge on any atom is 0.256 e. The van der Waals surface area contributed by atoms with E-state index in [9.17, 15) is 9.59 Å². The lowest BCUT2D eigenvalue weighted by Gasteiger charge is -2.17. The van der Waals surface area contributed by atoms with Crippen molar-refractivity contribution in [2.75, 3.05) is 17.3 Å². The molecule has 0 bridgehead atoms. The highest BCUT2D eigenvalue weighted by molar-refractivity contribution is 6.33. The number of imide groups is 1. The third-order valence-electron chi connectivity index (χ3n) is 4.10. The Bertz CT molecular complexity index is 830. The predicted octanol–water partition coefficient (Wildman–Crippen LogP) is 3.71. The Labute approximate surface area is 151 Å². The molecule has 1 atom stereocenters. The molecule has 1 aliphatic rings. The zero-order valence-corrected chi connectivity index (χ0v) is 15.1. The molecule has 0 aromatic heterocycles. The fourth-order valence-electron chi connectivity index (χ4n) is 3.07. The summed E-state index contributed by atoms with van der Waals surface area (Å²) in [5.74, 6) is -0.0482. The van der Waals surface area contributed by atoms with Gasteiger partial charge in [-0.05, 0) is 55.3 Å². The van der Waals surface area contributed by atoms with Crippen LogP contribution in [0.25, 0.3) is 0 Å². The molecule has 0 aliphatic carbocycles. The third-order valence-corrected chi connectivity index (χ3v) is 4.40. The summed E-state index contributed by atoms with van der Waals surface area (Å²) in [4.78, 5) is 26.3. The van der Waals surface area contributed by atoms with Gasteiger partial charge in [-0.15, -0.1) is 0 Å². The Morgan fingerprint density at radius 1 is 1.12 bits per heavy atom. The van der Waals surface area contributed by atoms with Gasteiger partial charge in [0.05, 0.1) is 24.2 Å². The van der Waals surface area contributed by atoms with E-state index in [1.54, 1.807) is 18.2 Å². The van der Waals surface area contributed by atoms with Gasteiger partial charge in [-0.25, -0.2) is 4.90 Å². The van der Waals surface area contributed by atoms with Crippen molar-refractivity contribution in [1.29, 1.82) is 0 Å². The Kier molecular flexibility index (Phi) is 4.68. The molecule has 1 saturated heterocycles. The molecule has 1 N–H and O–H groups in total. The van der Waals surface area contributed by atoms with Crippen LogP contribution in [0.4, 0.5) is 11.4 Å². The van der Waals surface area contributed by atoms with Crippen LogP contribution in [0.5, 0.6) is 5.75 Å². The number of ether oxygens (including phenoxy) is 1. The lowest BCUT2D eigenvalue weighted by atomic mass is 10.1. The van der Waals surface area contributed by atoms with Crippen LogP contribution in [0.2, 0.25) is 5.02 Å². The summed E-state index contributed by atoms with van der Waals surface area (Å²) in [6, 6.07) is 10.2. The van der Waals surface area contributed by atoms with E-state index in [-0.39, 0.29) is 18.2 Å². The van der Waals surface area contributed by atoms with Crippen LogP contribution < -0.4 is 15.0 Å². The van der Waals surface area contributed by atoms with Gasteiger partial charge in [0, 0.05) is 5.69 Å². The number of hydrogen-bond donors (Lipinski definition) is 1. The highest BCUT2D eigenvalue weighted by atomic mass is 35.5. The smallest absolute Gasteiger partial charge is 0.256 e. The quantitative estimate of drug-likeness (QED) is 0.846. The van der Waals surface area contributed by atoms with Gasteiger partial charge in [-0.2, -0.15) is 0 Å². The fraction of sp³-hybridized carbons (Fsp3) is 0.263. The first kappa shape index (κ1) is 17.3. The zero-order valence-electron chi connectivity index (χ0n) is 14.3. The molecular formula is C19H19ClN2O3. The van der Waals surface area contributed by atoms with E-state index in [0.29, 0.717) is 16.5 Å². The molecule has 2 aromatic rings. The molecule has 0 unspecified atom stereocenters. The predicted molar refractivity (Wildman–Crippen MR) is 98.4 cm³/mol. The van der Waals surface area contributed by atoms with Crippen molar-refractivity contribution in [3.8, 4) is 5.75 Å². The summed E-state index contributed by atoms with van der Waals surface area (Å²) in [7, 11) is 1.51. The summed E-state index contributed by atoms with van der Waals surface area (Å²) in [5.41, 5.74) is 3.47. The number of anilines is 2. The summed E-state index contributed by atoms with van der Waals surface area (Å²) in [5, 5.41) is 3.52. The van der Waals surface area contributed by atoms with Crippen molar-refractivity contribution >= 4 is 34.8 Å². The normalized spacial score (nSPS) is 17.1. The van der Waals surface area contributed by atoms with Gasteiger partial charge >= 0.3 is 0 Å². The minimum absolute atomic E-state index is 0.107. The number of halogens is 1. The highest BCUT2D eigenvalue weighted by Gasteiger charge is 2.39. The molecule has 130 valence electrons. The molecule has 0 saturated carbocycles. The van der Waals surface area contributed by atoms with Crippen LogP contribution in [-0.4, -0.2) is 25.0 Å². The SMILES string of the molecule is COc1ccc(N2C(=O)C[C@H](Nc3cc(C)cc(C)c3)C2=O)cc1Cl. The first-order valence-corrected chi connectivity index (χ1v) is 8.32. The van der Waals surface area contributed by atoms with Crippen molar-refractivity contribution in [1.82, 2.24) is 0 Å². The van der Waals surface area contributed by atoms with E-state index < -0.39 is 6.04 Å². The summed E-state index contributed by atoms with van der Waals surface area (Å²) in [6.45, 7) is 3.98. The number of nitrogens with one attached hydrogen (secondary N) is 1. The van der Waals surface area contributed by atoms with E-state index in [1.807, 2.05) is 26.0 Å². The Morgan fingerprint density at radius 2 is 1.80 bits per heavy atom. The van der Waals surface area contributed by atoms with E-state index in [4.69, 9.17) is 16.3 Å². The minimum atomic E-state index is -0.588. The van der Waals surface area contributed by atoms with Gasteiger partial charge in [-0.3, -0.25) is 9.59 Å². The number of nitrogens with zero attached hydrogens (tertiary/aromatic N) is 1. The van der Waals surface area contributed by atoms with Gasteiger partial charge in [0.1, 0.15) is 11.8 Å². The molecule has 3 rings (SSSR count). The maximum atomic E-state index is 12.7. The van der Waals surface area contributed by atoms with Crippen molar-refractivity contribution in [3.63, 3.8) is 0 Å². The number of hydrogen-bond acceptors (Lipinski definition) is 4. The number of carbonyl (C=O) groups excluding carboxylic acids is 2. The molecule has 1 aliphatic heterocycles. The summed E-state index contributed by atoms with van der Waals surface area (Å²) in [6.07, 6.45) is 0.107. The van der Waals surface area contributed by atoms with Gasteiger partial charge in [0.25, 0.3) is 5.91 Å². The van der Waals surface area contributed by atoms with Crippen LogP contribution in [-0.2, 0) is 9.59 Å². The lowest BCUT2D eigenvalue weighted by molar-refractivity contribution is -0.121. The molecular weight excluding hydrogens is 340 g/mol. The Balaban J connectivity index is 1.83. The van der Waals surface area contributed by atoms with Crippen molar-refractivity contribution in [2.45, 2.75) is 26.3 Å².